The van der Waals surface area contributed by atoms with Gasteiger partial charge in [0.2, 0.25) is 0 Å². The smallest absolute Gasteiger partial charge is 0.332 e. The molecule has 0 bridgehead atoms. The van der Waals surface area contributed by atoms with E-state index in [0.717, 1.165) is 22.2 Å². The molecule has 7 heteroatoms. The number of aromatic amines is 1. The SMILES string of the molecule is CC(C)CNC(=O)c1cccc(N2C(=O)N3CCc4c([nH]c5ccccc45)[C@@]3(C)C2=O)c1. The fourth-order valence-electron chi connectivity index (χ4n) is 4.80. The van der Waals surface area contributed by atoms with Crippen molar-refractivity contribution in [3.05, 3.63) is 65.4 Å². The van der Waals surface area contributed by atoms with Crippen LogP contribution in [-0.2, 0) is 16.8 Å². The Balaban J connectivity index is 1.53. The van der Waals surface area contributed by atoms with E-state index in [2.05, 4.69) is 10.3 Å². The van der Waals surface area contributed by atoms with Gasteiger partial charge in [-0.05, 0) is 49.1 Å². The molecule has 1 saturated heterocycles. The van der Waals surface area contributed by atoms with Gasteiger partial charge in [0.1, 0.15) is 0 Å². The van der Waals surface area contributed by atoms with Gasteiger partial charge in [0.15, 0.2) is 5.54 Å². The number of hydrogen-bond acceptors (Lipinski definition) is 3. The number of imide groups is 1. The van der Waals surface area contributed by atoms with E-state index in [4.69, 9.17) is 0 Å². The molecule has 5 rings (SSSR count). The minimum Gasteiger partial charge on any atom is -0.356 e. The fourth-order valence-corrected chi connectivity index (χ4v) is 4.80. The van der Waals surface area contributed by atoms with Gasteiger partial charge in [-0.2, -0.15) is 0 Å². The van der Waals surface area contributed by atoms with Gasteiger partial charge in [0.05, 0.1) is 11.4 Å². The van der Waals surface area contributed by atoms with Gasteiger partial charge >= 0.3 is 6.03 Å². The maximum atomic E-state index is 13.8. The Morgan fingerprint density at radius 3 is 2.72 bits per heavy atom. The molecule has 0 saturated carbocycles. The quantitative estimate of drug-likeness (QED) is 0.618. The van der Waals surface area contributed by atoms with Gasteiger partial charge in [-0.25, -0.2) is 9.69 Å². The van der Waals surface area contributed by atoms with E-state index in [9.17, 15) is 14.4 Å². The summed E-state index contributed by atoms with van der Waals surface area (Å²) in [5.74, 6) is -0.207. The maximum absolute atomic E-state index is 13.8. The van der Waals surface area contributed by atoms with E-state index in [0.29, 0.717) is 36.7 Å². The molecule has 2 aliphatic rings. The van der Waals surface area contributed by atoms with Crippen LogP contribution in [-0.4, -0.2) is 40.8 Å². The van der Waals surface area contributed by atoms with E-state index in [1.807, 2.05) is 38.1 Å². The molecule has 2 aromatic carbocycles. The van der Waals surface area contributed by atoms with Crippen molar-refractivity contribution in [2.75, 3.05) is 18.0 Å². The second-order valence-electron chi connectivity index (χ2n) is 9.08. The van der Waals surface area contributed by atoms with E-state index in [1.165, 1.54) is 4.90 Å². The third-order valence-corrected chi connectivity index (χ3v) is 6.50. The number of amides is 4. The lowest BCUT2D eigenvalue weighted by Crippen LogP contribution is -2.49. The zero-order valence-corrected chi connectivity index (χ0v) is 18.4. The molecule has 2 N–H and O–H groups in total. The Labute approximate surface area is 186 Å². The number of anilines is 1. The Morgan fingerprint density at radius 2 is 1.94 bits per heavy atom. The van der Waals surface area contributed by atoms with Crippen molar-refractivity contribution in [1.29, 1.82) is 0 Å². The van der Waals surface area contributed by atoms with Crippen molar-refractivity contribution in [3.8, 4) is 0 Å². The first-order valence-corrected chi connectivity index (χ1v) is 11.0. The standard InChI is InChI=1S/C25H26N4O3/c1-15(2)14-26-22(30)16-7-6-8-17(13-16)29-23(31)25(3)21-19(11-12-28(25)24(29)32)18-9-4-5-10-20(18)27-21/h4-10,13,15,27H,11-12,14H2,1-3H3,(H,26,30)/t25-/m0/s1. The van der Waals surface area contributed by atoms with Crippen molar-refractivity contribution < 1.29 is 14.4 Å². The number of fused-ring (bicyclic) bond motifs is 5. The molecule has 1 fully saturated rings. The molecular weight excluding hydrogens is 404 g/mol. The highest BCUT2D eigenvalue weighted by Crippen LogP contribution is 2.45. The number of nitrogens with one attached hydrogen (secondary N) is 2. The summed E-state index contributed by atoms with van der Waals surface area (Å²) in [6.45, 7) is 6.86. The lowest BCUT2D eigenvalue weighted by atomic mass is 9.87. The number of rotatable bonds is 4. The molecule has 1 atom stereocenters. The van der Waals surface area contributed by atoms with Gasteiger partial charge in [0.25, 0.3) is 11.8 Å². The summed E-state index contributed by atoms with van der Waals surface area (Å²) in [6.07, 6.45) is 0.680. The summed E-state index contributed by atoms with van der Waals surface area (Å²) >= 11 is 0. The second-order valence-corrected chi connectivity index (χ2v) is 9.08. The molecule has 164 valence electrons. The van der Waals surface area contributed by atoms with Crippen molar-refractivity contribution in [3.63, 3.8) is 0 Å². The molecular formula is C25H26N4O3. The average molecular weight is 431 g/mol. The van der Waals surface area contributed by atoms with Crippen molar-refractivity contribution in [1.82, 2.24) is 15.2 Å². The number of urea groups is 1. The second kappa shape index (κ2) is 7.22. The molecule has 2 aliphatic heterocycles. The lowest BCUT2D eigenvalue weighted by Gasteiger charge is -2.35. The van der Waals surface area contributed by atoms with Gasteiger partial charge in [-0.3, -0.25) is 9.59 Å². The van der Waals surface area contributed by atoms with Crippen molar-refractivity contribution in [2.24, 2.45) is 5.92 Å². The summed E-state index contributed by atoms with van der Waals surface area (Å²) in [5, 5.41) is 3.97. The van der Waals surface area contributed by atoms with Crippen molar-refractivity contribution in [2.45, 2.75) is 32.7 Å². The van der Waals surface area contributed by atoms with Crippen LogP contribution in [0, 0.1) is 5.92 Å². The highest BCUT2D eigenvalue weighted by Gasteiger charge is 2.59. The predicted octanol–water partition coefficient (Wildman–Crippen LogP) is 3.79. The van der Waals surface area contributed by atoms with E-state index in [1.54, 1.807) is 36.1 Å². The summed E-state index contributed by atoms with van der Waals surface area (Å²) in [7, 11) is 0. The van der Waals surface area contributed by atoms with E-state index >= 15 is 0 Å². The van der Waals surface area contributed by atoms with Gasteiger partial charge < -0.3 is 15.2 Å². The number of carbonyl (C=O) groups excluding carboxylic acids is 3. The van der Waals surface area contributed by atoms with Crippen LogP contribution in [0.3, 0.4) is 0 Å². The summed E-state index contributed by atoms with van der Waals surface area (Å²) in [6, 6.07) is 14.3. The predicted molar refractivity (Wildman–Crippen MR) is 123 cm³/mol. The molecule has 32 heavy (non-hydrogen) atoms. The van der Waals surface area contributed by atoms with Crippen molar-refractivity contribution >= 4 is 34.4 Å². The van der Waals surface area contributed by atoms with Crippen LogP contribution in [0.5, 0.6) is 0 Å². The highest BCUT2D eigenvalue weighted by molar-refractivity contribution is 6.24. The number of H-pyrrole nitrogens is 1. The van der Waals surface area contributed by atoms with Crippen LogP contribution in [0.1, 0.15) is 42.4 Å². The molecule has 0 radical (unpaired) electrons. The van der Waals surface area contributed by atoms with Crippen LogP contribution in [0.4, 0.5) is 10.5 Å². The first-order chi connectivity index (χ1) is 15.3. The third-order valence-electron chi connectivity index (χ3n) is 6.50. The van der Waals surface area contributed by atoms with Crippen LogP contribution in [0.15, 0.2) is 48.5 Å². The molecule has 4 amide bonds. The Kier molecular flexibility index (Phi) is 4.58. The monoisotopic (exact) mass is 430 g/mol. The largest absolute Gasteiger partial charge is 0.356 e. The average Bonchev–Trinajstić information content (AvgIpc) is 3.26. The first-order valence-electron chi connectivity index (χ1n) is 11.0. The van der Waals surface area contributed by atoms with E-state index in [-0.39, 0.29) is 17.8 Å². The molecule has 0 unspecified atom stereocenters. The molecule has 0 spiro atoms. The number of carbonyl (C=O) groups is 3. The molecule has 7 nitrogen and oxygen atoms in total. The summed E-state index contributed by atoms with van der Waals surface area (Å²) < 4.78 is 0. The van der Waals surface area contributed by atoms with Gasteiger partial charge in [-0.1, -0.05) is 38.1 Å². The minimum atomic E-state index is -1.11. The van der Waals surface area contributed by atoms with Crippen LogP contribution in [0.2, 0.25) is 0 Å². The molecule has 1 aromatic heterocycles. The zero-order chi connectivity index (χ0) is 22.6. The van der Waals surface area contributed by atoms with Crippen LogP contribution >= 0.6 is 0 Å². The molecule has 3 aromatic rings. The Bertz CT molecular complexity index is 1260. The zero-order valence-electron chi connectivity index (χ0n) is 18.4. The third kappa shape index (κ3) is 2.84. The Hall–Kier alpha value is -3.61. The normalized spacial score (nSPS) is 20.1. The van der Waals surface area contributed by atoms with Crippen LogP contribution < -0.4 is 10.2 Å². The maximum Gasteiger partial charge on any atom is 0.332 e. The lowest BCUT2D eigenvalue weighted by molar-refractivity contribution is -0.125. The summed E-state index contributed by atoms with van der Waals surface area (Å²) in [4.78, 5) is 45.9. The number of benzene rings is 2. The highest BCUT2D eigenvalue weighted by atomic mass is 16.2. The van der Waals surface area contributed by atoms with Crippen LogP contribution in [0.25, 0.3) is 10.9 Å². The van der Waals surface area contributed by atoms with Gasteiger partial charge in [0, 0.05) is 29.6 Å². The number of hydrogen-bond donors (Lipinski definition) is 2. The number of aromatic nitrogens is 1. The fraction of sp³-hybridized carbons (Fsp3) is 0.320. The number of nitrogens with zero attached hydrogens (tertiary/aromatic N) is 2. The topological polar surface area (TPSA) is 85.5 Å². The molecule has 0 aliphatic carbocycles. The minimum absolute atomic E-state index is 0.221. The first kappa shape index (κ1) is 20.3. The molecule has 3 heterocycles. The summed E-state index contributed by atoms with van der Waals surface area (Å²) in [5.41, 5.74) is 2.54. The van der Waals surface area contributed by atoms with E-state index < -0.39 is 5.54 Å². The number of para-hydroxylation sites is 1. The van der Waals surface area contributed by atoms with Gasteiger partial charge in [-0.15, -0.1) is 0 Å². The Morgan fingerprint density at radius 1 is 1.16 bits per heavy atom.